The molecule has 0 bridgehead atoms. The van der Waals surface area contributed by atoms with Gasteiger partial charge in [-0.05, 0) is 50.9 Å². The molecule has 0 aromatic carbocycles. The average Bonchev–Trinajstić information content (AvgIpc) is 3.30. The molecule has 3 aliphatic heterocycles. The molecule has 4 heterocycles. The Morgan fingerprint density at radius 2 is 2.04 bits per heavy atom. The molecule has 0 saturated carbocycles. The van der Waals surface area contributed by atoms with Gasteiger partial charge in [0.2, 0.25) is 0 Å². The van der Waals surface area contributed by atoms with E-state index in [4.69, 9.17) is 10.00 Å². The molecule has 7 nitrogen and oxygen atoms in total. The normalized spacial score (nSPS) is 24.8. The van der Waals surface area contributed by atoms with Crippen molar-refractivity contribution < 1.29 is 14.3 Å². The zero-order chi connectivity index (χ0) is 18.9. The van der Waals surface area contributed by atoms with Crippen LogP contribution >= 0.6 is 0 Å². The largest absolute Gasteiger partial charge is 0.461 e. The molecular formula is C20H24N4O3. The fourth-order valence-electron chi connectivity index (χ4n) is 4.55. The van der Waals surface area contributed by atoms with Crippen molar-refractivity contribution in [2.45, 2.75) is 38.2 Å². The molecule has 142 valence electrons. The summed E-state index contributed by atoms with van der Waals surface area (Å²) in [6.45, 7) is 4.10. The number of carbonyl (C=O) groups is 2. The van der Waals surface area contributed by atoms with Crippen molar-refractivity contribution in [3.05, 3.63) is 29.6 Å². The molecule has 0 radical (unpaired) electrons. The fraction of sp³-hybridized carbons (Fsp3) is 0.600. The second-order valence-corrected chi connectivity index (χ2v) is 7.85. The minimum Gasteiger partial charge on any atom is -0.461 e. The first-order chi connectivity index (χ1) is 13.1. The first-order valence-corrected chi connectivity index (χ1v) is 9.68. The van der Waals surface area contributed by atoms with Crippen molar-refractivity contribution in [3.63, 3.8) is 0 Å². The van der Waals surface area contributed by atoms with Crippen LogP contribution in [0.5, 0.6) is 0 Å². The summed E-state index contributed by atoms with van der Waals surface area (Å²) in [6, 6.07) is 5.10. The van der Waals surface area contributed by atoms with Gasteiger partial charge in [0.25, 0.3) is 5.91 Å². The Balaban J connectivity index is 1.37. The number of rotatable bonds is 3. The van der Waals surface area contributed by atoms with Gasteiger partial charge in [0, 0.05) is 37.8 Å². The molecule has 1 aromatic heterocycles. The van der Waals surface area contributed by atoms with Crippen molar-refractivity contribution >= 4 is 11.9 Å². The minimum atomic E-state index is -0.433. The van der Waals surface area contributed by atoms with E-state index in [0.717, 1.165) is 26.1 Å². The number of hydrogen-bond acceptors (Lipinski definition) is 6. The number of esters is 1. The van der Waals surface area contributed by atoms with Crippen LogP contribution in [0, 0.1) is 16.7 Å². The highest BCUT2D eigenvalue weighted by atomic mass is 16.6. The van der Waals surface area contributed by atoms with Crippen LogP contribution in [0.4, 0.5) is 0 Å². The van der Waals surface area contributed by atoms with Crippen molar-refractivity contribution in [1.82, 2.24) is 14.8 Å². The van der Waals surface area contributed by atoms with Gasteiger partial charge in [0.05, 0.1) is 5.41 Å². The summed E-state index contributed by atoms with van der Waals surface area (Å²) >= 11 is 0. The van der Waals surface area contributed by atoms with Crippen molar-refractivity contribution in [1.29, 1.82) is 5.26 Å². The number of nitriles is 1. The van der Waals surface area contributed by atoms with Crippen molar-refractivity contribution in [3.8, 4) is 6.07 Å². The highest BCUT2D eigenvalue weighted by molar-refractivity contribution is 5.94. The summed E-state index contributed by atoms with van der Waals surface area (Å²) in [5.74, 6) is -0.196. The first-order valence-electron chi connectivity index (χ1n) is 9.68. The van der Waals surface area contributed by atoms with Gasteiger partial charge in [0.15, 0.2) is 0 Å². The Bertz CT molecular complexity index is 774. The first kappa shape index (κ1) is 17.9. The topological polar surface area (TPSA) is 86.5 Å². The van der Waals surface area contributed by atoms with Crippen LogP contribution < -0.4 is 0 Å². The van der Waals surface area contributed by atoms with Gasteiger partial charge < -0.3 is 9.64 Å². The lowest BCUT2D eigenvalue weighted by Crippen LogP contribution is -2.45. The Morgan fingerprint density at radius 3 is 2.74 bits per heavy atom. The summed E-state index contributed by atoms with van der Waals surface area (Å²) in [5, 5.41) is 8.96. The van der Waals surface area contributed by atoms with Gasteiger partial charge in [-0.3, -0.25) is 14.5 Å². The molecule has 3 saturated heterocycles. The lowest BCUT2D eigenvalue weighted by molar-refractivity contribution is -0.150. The van der Waals surface area contributed by atoms with Gasteiger partial charge in [-0.2, -0.15) is 5.26 Å². The molecule has 1 atom stereocenters. The maximum Gasteiger partial charge on any atom is 0.312 e. The standard InChI is InChI=1S/C20H24N4O3/c21-13-16-11-15(3-6-22-16)18(25)24-9-4-20(5-10-24)12-17(27-19(20)26)14-23-7-1-2-8-23/h3,6,11,17H,1-2,4-5,7-10,12,14H2. The van der Waals surface area contributed by atoms with Crippen molar-refractivity contribution in [2.75, 3.05) is 32.7 Å². The number of piperidine rings is 1. The predicted molar refractivity (Wildman–Crippen MR) is 96.7 cm³/mol. The van der Waals surface area contributed by atoms with E-state index in [1.54, 1.807) is 11.0 Å². The van der Waals surface area contributed by atoms with E-state index in [9.17, 15) is 9.59 Å². The van der Waals surface area contributed by atoms with Gasteiger partial charge in [-0.25, -0.2) is 4.98 Å². The Labute approximate surface area is 158 Å². The molecule has 0 aliphatic carbocycles. The third kappa shape index (κ3) is 3.54. The number of carbonyl (C=O) groups excluding carboxylic acids is 2. The second kappa shape index (κ2) is 7.28. The van der Waals surface area contributed by atoms with E-state index >= 15 is 0 Å². The lowest BCUT2D eigenvalue weighted by atomic mass is 9.76. The molecule has 1 unspecified atom stereocenters. The number of ether oxygens (including phenoxy) is 1. The molecule has 3 aliphatic rings. The van der Waals surface area contributed by atoms with Crippen LogP contribution in [0.15, 0.2) is 18.3 Å². The molecule has 1 amide bonds. The number of aromatic nitrogens is 1. The highest BCUT2D eigenvalue weighted by Gasteiger charge is 2.51. The Morgan fingerprint density at radius 1 is 1.30 bits per heavy atom. The average molecular weight is 368 g/mol. The molecule has 7 heteroatoms. The summed E-state index contributed by atoms with van der Waals surface area (Å²) in [6.07, 6.45) is 5.97. The smallest absolute Gasteiger partial charge is 0.312 e. The molecule has 27 heavy (non-hydrogen) atoms. The van der Waals surface area contributed by atoms with Crippen molar-refractivity contribution in [2.24, 2.45) is 5.41 Å². The van der Waals surface area contributed by atoms with Crippen LogP contribution in [0.1, 0.15) is 48.2 Å². The van der Waals surface area contributed by atoms with E-state index in [0.29, 0.717) is 31.5 Å². The van der Waals surface area contributed by atoms with Crippen LogP contribution in [0.3, 0.4) is 0 Å². The van der Waals surface area contributed by atoms with E-state index < -0.39 is 5.41 Å². The molecule has 3 fully saturated rings. The highest BCUT2D eigenvalue weighted by Crippen LogP contribution is 2.43. The summed E-state index contributed by atoms with van der Waals surface area (Å²) in [4.78, 5) is 33.3. The van der Waals surface area contributed by atoms with Crippen LogP contribution in [-0.4, -0.2) is 65.5 Å². The second-order valence-electron chi connectivity index (χ2n) is 7.85. The van der Waals surface area contributed by atoms with Crippen LogP contribution in [-0.2, 0) is 9.53 Å². The van der Waals surface area contributed by atoms with E-state index in [2.05, 4.69) is 9.88 Å². The van der Waals surface area contributed by atoms with Gasteiger partial charge in [-0.15, -0.1) is 0 Å². The maximum atomic E-state index is 12.7. The summed E-state index contributed by atoms with van der Waals surface area (Å²) in [7, 11) is 0. The zero-order valence-electron chi connectivity index (χ0n) is 15.4. The van der Waals surface area contributed by atoms with Gasteiger partial charge in [-0.1, -0.05) is 0 Å². The third-order valence-corrected chi connectivity index (χ3v) is 6.11. The quantitative estimate of drug-likeness (QED) is 0.753. The van der Waals surface area contributed by atoms with E-state index in [1.165, 1.54) is 25.1 Å². The monoisotopic (exact) mass is 368 g/mol. The number of amides is 1. The Kier molecular flexibility index (Phi) is 4.83. The number of likely N-dealkylation sites (tertiary alicyclic amines) is 2. The summed E-state index contributed by atoms with van der Waals surface area (Å²) in [5.41, 5.74) is 0.272. The Hall–Kier alpha value is -2.46. The molecule has 0 N–H and O–H groups in total. The lowest BCUT2D eigenvalue weighted by Gasteiger charge is -2.36. The van der Waals surface area contributed by atoms with Gasteiger partial charge >= 0.3 is 5.97 Å². The van der Waals surface area contributed by atoms with Crippen LogP contribution in [0.2, 0.25) is 0 Å². The SMILES string of the molecule is N#Cc1cc(C(=O)N2CCC3(CC2)CC(CN2CCCC2)OC3=O)ccn1. The molecular weight excluding hydrogens is 344 g/mol. The predicted octanol–water partition coefficient (Wildman–Crippen LogP) is 1.59. The number of pyridine rings is 1. The molecule has 1 spiro atoms. The summed E-state index contributed by atoms with van der Waals surface area (Å²) < 4.78 is 5.70. The third-order valence-electron chi connectivity index (χ3n) is 6.11. The number of hydrogen-bond donors (Lipinski definition) is 0. The molecule has 4 rings (SSSR count). The molecule has 1 aromatic rings. The number of cyclic esters (lactones) is 1. The van der Waals surface area contributed by atoms with E-state index in [1.807, 2.05) is 6.07 Å². The minimum absolute atomic E-state index is 0.0174. The zero-order valence-corrected chi connectivity index (χ0v) is 15.4. The maximum absolute atomic E-state index is 12.7. The fourth-order valence-corrected chi connectivity index (χ4v) is 4.55. The van der Waals surface area contributed by atoms with Gasteiger partial charge in [0.1, 0.15) is 17.9 Å². The number of nitrogens with zero attached hydrogens (tertiary/aromatic N) is 4. The van der Waals surface area contributed by atoms with E-state index in [-0.39, 0.29) is 23.7 Å². The van der Waals surface area contributed by atoms with Crippen LogP contribution in [0.25, 0.3) is 0 Å².